The van der Waals surface area contributed by atoms with E-state index in [0.717, 1.165) is 63.5 Å². The van der Waals surface area contributed by atoms with Crippen LogP contribution in [0.2, 0.25) is 0 Å². The number of piperidine rings is 1. The summed E-state index contributed by atoms with van der Waals surface area (Å²) in [4.78, 5) is 41.7. The molecule has 21 heteroatoms. The number of anilines is 3. The van der Waals surface area contributed by atoms with E-state index in [9.17, 15) is 36.9 Å². The van der Waals surface area contributed by atoms with Gasteiger partial charge < -0.3 is 20.4 Å². The highest BCUT2D eigenvalue weighted by molar-refractivity contribution is 7.92. The summed E-state index contributed by atoms with van der Waals surface area (Å²) in [7, 11) is -5.42. The van der Waals surface area contributed by atoms with Gasteiger partial charge in [0.05, 0.1) is 48.9 Å². The number of carbonyl (C=O) groups is 1. The fourth-order valence-corrected chi connectivity index (χ4v) is 10.4. The number of benzene rings is 3. The first-order valence-electron chi connectivity index (χ1n) is 21.0. The van der Waals surface area contributed by atoms with Gasteiger partial charge in [-0.1, -0.05) is 30.3 Å². The van der Waals surface area contributed by atoms with Crippen molar-refractivity contribution in [3.8, 4) is 12.1 Å². The summed E-state index contributed by atoms with van der Waals surface area (Å²) in [6, 6.07) is 28.3. The molecule has 2 aliphatic rings. The molecule has 2 aliphatic heterocycles. The van der Waals surface area contributed by atoms with Crippen LogP contribution in [0.25, 0.3) is 20.4 Å². The van der Waals surface area contributed by atoms with Crippen LogP contribution in [0.4, 0.5) is 30.8 Å². The van der Waals surface area contributed by atoms with Crippen LogP contribution < -0.4 is 15.5 Å². The van der Waals surface area contributed by atoms with Gasteiger partial charge in [0.25, 0.3) is 9.84 Å². The minimum absolute atomic E-state index is 0.0760. The van der Waals surface area contributed by atoms with E-state index < -0.39 is 32.1 Å². The Balaban J connectivity index is 0.000000188. The third kappa shape index (κ3) is 10.5. The Morgan fingerprint density at radius 3 is 2.00 bits per heavy atom. The molecule has 2 saturated heterocycles. The number of alkyl halides is 3. The maximum Gasteiger partial charge on any atom is 0.501 e. The van der Waals surface area contributed by atoms with Crippen molar-refractivity contribution >= 4 is 76.4 Å². The Morgan fingerprint density at radius 2 is 1.41 bits per heavy atom. The Kier molecular flexibility index (Phi) is 14.0. The van der Waals surface area contributed by atoms with Crippen molar-refractivity contribution in [1.29, 1.82) is 10.5 Å². The Labute approximate surface area is 386 Å². The van der Waals surface area contributed by atoms with Crippen molar-refractivity contribution in [3.05, 3.63) is 119 Å². The molecule has 0 aliphatic carbocycles. The monoisotopic (exact) mass is 950 g/mol. The lowest BCUT2D eigenvalue weighted by molar-refractivity contribution is -0.127. The molecule has 0 radical (unpaired) electrons. The van der Waals surface area contributed by atoms with E-state index in [1.54, 1.807) is 30.6 Å². The number of para-hydroxylation sites is 2. The minimum Gasteiger partial charge on any atom is -0.382 e. The fraction of sp³-hybridized carbons (Fsp3) is 0.311. The van der Waals surface area contributed by atoms with Gasteiger partial charge in [0.15, 0.2) is 0 Å². The number of rotatable bonds is 13. The molecule has 2 N–H and O–H groups in total. The minimum atomic E-state index is -5.42. The molecule has 2 fully saturated rings. The Hall–Kier alpha value is -6.81. The lowest BCUT2D eigenvalue weighted by atomic mass is 10.0. The Morgan fingerprint density at radius 1 is 0.788 bits per heavy atom. The highest BCUT2D eigenvalue weighted by Gasteiger charge is 2.47. The predicted octanol–water partition coefficient (Wildman–Crippen LogP) is 8.28. The average Bonchev–Trinajstić information content (AvgIpc) is 4.07. The van der Waals surface area contributed by atoms with E-state index in [1.807, 2.05) is 58.3 Å². The second-order valence-corrected chi connectivity index (χ2v) is 19.5. The van der Waals surface area contributed by atoms with Crippen LogP contribution >= 0.6 is 22.7 Å². The molecule has 0 spiro atoms. The zero-order valence-electron chi connectivity index (χ0n) is 35.1. The summed E-state index contributed by atoms with van der Waals surface area (Å²) in [6.07, 6.45) is 6.99. The van der Waals surface area contributed by atoms with Crippen LogP contribution in [-0.2, 0) is 14.6 Å². The number of hydrogen-bond acceptors (Lipinski definition) is 16. The number of fused-ring (bicyclic) bond motifs is 2. The van der Waals surface area contributed by atoms with E-state index in [0.29, 0.717) is 72.9 Å². The molecular weight excluding hydrogens is 910 g/mol. The van der Waals surface area contributed by atoms with Crippen LogP contribution in [-0.4, -0.2) is 93.4 Å². The van der Waals surface area contributed by atoms with Gasteiger partial charge in [-0.25, -0.2) is 38.3 Å². The van der Waals surface area contributed by atoms with Gasteiger partial charge in [0.1, 0.15) is 21.9 Å². The van der Waals surface area contributed by atoms with E-state index in [4.69, 9.17) is 0 Å². The summed E-state index contributed by atoms with van der Waals surface area (Å²) in [5.41, 5.74) is -2.14. The number of likely N-dealkylation sites (tertiary alicyclic amines) is 1. The topological polar surface area (TPSA) is 207 Å². The zero-order valence-corrected chi connectivity index (χ0v) is 37.5. The number of nitrogens with zero attached hydrogens (tertiary/aromatic N) is 10. The lowest BCUT2D eigenvalue weighted by Crippen LogP contribution is -2.40. The van der Waals surface area contributed by atoms with Crippen LogP contribution in [0.3, 0.4) is 0 Å². The number of nitrogens with one attached hydrogen (secondary N) is 2. The number of amides is 1. The lowest BCUT2D eigenvalue weighted by Gasteiger charge is -2.33. The van der Waals surface area contributed by atoms with Gasteiger partial charge in [0.2, 0.25) is 17.8 Å². The molecule has 7 aromatic rings. The third-order valence-corrected chi connectivity index (χ3v) is 14.6. The van der Waals surface area contributed by atoms with Crippen LogP contribution in [0.5, 0.6) is 0 Å². The number of carbonyl (C=O) groups excluding carboxylic acids is 1. The first-order chi connectivity index (χ1) is 31.9. The number of sulfone groups is 1. The second-order valence-electron chi connectivity index (χ2n) is 15.4. The van der Waals surface area contributed by atoms with Gasteiger partial charge >= 0.3 is 5.51 Å². The van der Waals surface area contributed by atoms with Gasteiger partial charge in [-0.05, 0) is 80.3 Å². The van der Waals surface area contributed by atoms with E-state index in [-0.39, 0.29) is 11.9 Å². The maximum atomic E-state index is 12.9. The molecule has 338 valence electrons. The summed E-state index contributed by atoms with van der Waals surface area (Å²) in [5.74, 6) is 0.0647. The summed E-state index contributed by atoms with van der Waals surface area (Å²) < 4.78 is 64.3. The van der Waals surface area contributed by atoms with Crippen molar-refractivity contribution < 1.29 is 26.4 Å². The Bertz CT molecular complexity index is 2970. The molecule has 0 bridgehead atoms. The number of hydrogen-bond donors (Lipinski definition) is 2. The molecule has 9 rings (SSSR count). The zero-order chi connectivity index (χ0) is 46.3. The molecule has 0 saturated carbocycles. The largest absolute Gasteiger partial charge is 0.501 e. The smallest absolute Gasteiger partial charge is 0.382 e. The summed E-state index contributed by atoms with van der Waals surface area (Å²) >= 11 is 2.97. The number of thiazole rings is 2. The van der Waals surface area contributed by atoms with Crippen LogP contribution in [0.1, 0.15) is 65.3 Å². The van der Waals surface area contributed by atoms with E-state index in [2.05, 4.69) is 52.7 Å². The molecule has 15 nitrogen and oxygen atoms in total. The number of halogens is 3. The van der Waals surface area contributed by atoms with Crippen molar-refractivity contribution in [2.75, 3.05) is 48.3 Å². The standard InChI is InChI=1S/C25H21F3N6O2S2.C20H20N6OS/c26-25(27,28)38(35,36)18-5-3-4-17(14-18)31-16-9-12-34(13-10-16)24-30-11-8-20(33-24)19(15-29)23-32-21-6-1-2-7-22(21)37-23;21-13-14(19-24-16-5-1-2-6-17(16)28-19)15-8-10-23-20(25-15)22-9-4-12-26-11-3-7-18(26)27/h1-8,11,14,16,19,31H,9-10,12-13H2;1-2,5-6,8,10,14H,3-4,7,9,11-12H2,(H,22,23,25). The van der Waals surface area contributed by atoms with Crippen molar-refractivity contribution in [1.82, 2.24) is 34.8 Å². The molecule has 2 unspecified atom stereocenters. The predicted molar refractivity (Wildman–Crippen MR) is 246 cm³/mol. The maximum absolute atomic E-state index is 12.9. The quantitative estimate of drug-likeness (QED) is 0.104. The normalized spacial score (nSPS) is 15.4. The van der Waals surface area contributed by atoms with Crippen molar-refractivity contribution in [3.63, 3.8) is 0 Å². The molecule has 4 aromatic heterocycles. The van der Waals surface area contributed by atoms with Gasteiger partial charge in [-0.3, -0.25) is 4.79 Å². The van der Waals surface area contributed by atoms with E-state index >= 15 is 0 Å². The van der Waals surface area contributed by atoms with Crippen molar-refractivity contribution in [2.24, 2.45) is 0 Å². The van der Waals surface area contributed by atoms with Crippen molar-refractivity contribution in [2.45, 2.75) is 60.4 Å². The van der Waals surface area contributed by atoms with Gasteiger partial charge in [-0.2, -0.15) is 23.7 Å². The van der Waals surface area contributed by atoms with Crippen LogP contribution in [0.15, 0.2) is 102 Å². The SMILES string of the molecule is N#CC(c1ccnc(N2CCC(Nc3cccc(S(=O)(=O)C(F)(F)F)c3)CC2)n1)c1nc2ccccc2s1.N#CC(c1ccnc(NCCCN2CCCC2=O)n1)c1nc2ccccc2s1. The van der Waals surface area contributed by atoms with Gasteiger partial charge in [0, 0.05) is 63.3 Å². The second kappa shape index (κ2) is 20.1. The molecule has 2 atom stereocenters. The molecule has 6 heterocycles. The number of nitriles is 2. The highest BCUT2D eigenvalue weighted by atomic mass is 32.2. The first-order valence-corrected chi connectivity index (χ1v) is 24.1. The number of aromatic nitrogens is 6. The molecule has 3 aromatic carbocycles. The first kappa shape index (κ1) is 45.7. The average molecular weight is 951 g/mol. The van der Waals surface area contributed by atoms with Gasteiger partial charge in [-0.15, -0.1) is 22.7 Å². The highest BCUT2D eigenvalue weighted by Crippen LogP contribution is 2.34. The summed E-state index contributed by atoms with van der Waals surface area (Å²) in [6.45, 7) is 3.42. The molecule has 66 heavy (non-hydrogen) atoms. The fourth-order valence-electron chi connectivity index (χ4n) is 7.57. The van der Waals surface area contributed by atoms with E-state index in [1.165, 1.54) is 28.7 Å². The molecular formula is C45H41F3N12O3S3. The molecule has 1 amide bonds. The third-order valence-electron chi connectivity index (χ3n) is 11.0. The van der Waals surface area contributed by atoms with Crippen LogP contribution in [0, 0.1) is 22.7 Å². The summed E-state index contributed by atoms with van der Waals surface area (Å²) in [5, 5.41) is 27.3.